The van der Waals surface area contributed by atoms with Crippen molar-refractivity contribution in [1.29, 1.82) is 0 Å². The number of allylic oxidation sites excluding steroid dienone is 2. The van der Waals surface area contributed by atoms with Crippen molar-refractivity contribution >= 4 is 21.1 Å². The van der Waals surface area contributed by atoms with Gasteiger partial charge in [-0.25, -0.2) is 18.4 Å². The van der Waals surface area contributed by atoms with Gasteiger partial charge in [0.1, 0.15) is 5.69 Å². The van der Waals surface area contributed by atoms with Crippen molar-refractivity contribution in [2.75, 3.05) is 12.8 Å². The lowest BCUT2D eigenvalue weighted by Gasteiger charge is -2.23. The van der Waals surface area contributed by atoms with Crippen LogP contribution in [0.4, 0.5) is 18.9 Å². The zero-order valence-corrected chi connectivity index (χ0v) is 16.4. The Morgan fingerprint density at radius 3 is 2.53 bits per heavy atom. The van der Waals surface area contributed by atoms with E-state index in [1.54, 1.807) is 42.6 Å². The summed E-state index contributed by atoms with van der Waals surface area (Å²) in [6, 6.07) is 7.56. The number of alkyl halides is 3. The summed E-state index contributed by atoms with van der Waals surface area (Å²) in [5.41, 5.74) is 8.65. The van der Waals surface area contributed by atoms with E-state index in [-0.39, 0.29) is 5.69 Å². The second kappa shape index (κ2) is 8.17. The molecule has 0 saturated heterocycles. The van der Waals surface area contributed by atoms with Crippen LogP contribution in [-0.4, -0.2) is 36.1 Å². The highest BCUT2D eigenvalue weighted by molar-refractivity contribution is 7.90. The van der Waals surface area contributed by atoms with Crippen LogP contribution in [-0.2, 0) is 22.6 Å². The molecule has 0 saturated carbocycles. The van der Waals surface area contributed by atoms with E-state index in [1.165, 1.54) is 0 Å². The van der Waals surface area contributed by atoms with E-state index in [0.717, 1.165) is 17.9 Å². The van der Waals surface area contributed by atoms with Crippen LogP contribution in [0.3, 0.4) is 0 Å². The van der Waals surface area contributed by atoms with Crippen LogP contribution in [0.5, 0.6) is 0 Å². The van der Waals surface area contributed by atoms with Crippen molar-refractivity contribution in [2.24, 2.45) is 5.11 Å². The Balaban J connectivity index is 1.93. The van der Waals surface area contributed by atoms with Gasteiger partial charge in [0.2, 0.25) is 15.0 Å². The van der Waals surface area contributed by atoms with Gasteiger partial charge >= 0.3 is 6.18 Å². The molecule has 0 radical (unpaired) electrons. The standard InChI is InChI=1S/C18H15F3N6O2S/c1-30(28,29)17-23-15(9-16(24-17)18(19,20)21)13-3-2-8-27(11-13)10-12-4-6-14(7-5-12)25-26-22/h2-7,9,11H,8,10H2,1H3. The molecule has 8 nitrogen and oxygen atoms in total. The van der Waals surface area contributed by atoms with Crippen molar-refractivity contribution in [3.8, 4) is 0 Å². The van der Waals surface area contributed by atoms with Gasteiger partial charge in [-0.2, -0.15) is 13.2 Å². The highest BCUT2D eigenvalue weighted by Crippen LogP contribution is 2.31. The average Bonchev–Trinajstić information content (AvgIpc) is 2.68. The third kappa shape index (κ3) is 5.16. The SMILES string of the molecule is CS(=O)(=O)c1nc(C2=CN(Cc3ccc(N=[N+]=[N-])cc3)CC=C2)cc(C(F)(F)F)n1. The van der Waals surface area contributed by atoms with Gasteiger partial charge in [-0.15, -0.1) is 0 Å². The Bertz CT molecular complexity index is 1170. The number of aromatic nitrogens is 2. The monoisotopic (exact) mass is 436 g/mol. The van der Waals surface area contributed by atoms with Crippen LogP contribution in [0.2, 0.25) is 0 Å². The van der Waals surface area contributed by atoms with Crippen molar-refractivity contribution < 1.29 is 21.6 Å². The summed E-state index contributed by atoms with van der Waals surface area (Å²) in [7, 11) is -4.04. The molecule has 0 atom stereocenters. The molecule has 1 aliphatic rings. The molecule has 0 unspecified atom stereocenters. The van der Waals surface area contributed by atoms with Gasteiger partial charge in [-0.1, -0.05) is 41.5 Å². The van der Waals surface area contributed by atoms with Crippen molar-refractivity contribution in [2.45, 2.75) is 17.9 Å². The van der Waals surface area contributed by atoms with Gasteiger partial charge in [-0.3, -0.25) is 0 Å². The van der Waals surface area contributed by atoms with E-state index in [4.69, 9.17) is 5.53 Å². The van der Waals surface area contributed by atoms with Crippen LogP contribution in [0, 0.1) is 0 Å². The molecule has 0 amide bonds. The molecule has 0 aliphatic carbocycles. The molecule has 30 heavy (non-hydrogen) atoms. The molecule has 0 fully saturated rings. The van der Waals surface area contributed by atoms with Gasteiger partial charge in [0.25, 0.3) is 0 Å². The Hall–Kier alpha value is -3.37. The first-order valence-electron chi connectivity index (χ1n) is 8.49. The molecule has 0 bridgehead atoms. The van der Waals surface area contributed by atoms with E-state index < -0.39 is 26.9 Å². The highest BCUT2D eigenvalue weighted by Gasteiger charge is 2.35. The molecule has 1 aromatic heterocycles. The summed E-state index contributed by atoms with van der Waals surface area (Å²) < 4.78 is 63.1. The lowest BCUT2D eigenvalue weighted by atomic mass is 10.1. The summed E-state index contributed by atoms with van der Waals surface area (Å²) >= 11 is 0. The fourth-order valence-corrected chi connectivity index (χ4v) is 3.24. The van der Waals surface area contributed by atoms with Crippen molar-refractivity contribution in [3.05, 3.63) is 76.1 Å². The minimum Gasteiger partial charge on any atom is -0.369 e. The maximum Gasteiger partial charge on any atom is 0.433 e. The molecule has 1 aliphatic heterocycles. The first kappa shape index (κ1) is 21.3. The van der Waals surface area contributed by atoms with Gasteiger partial charge in [0.15, 0.2) is 0 Å². The highest BCUT2D eigenvalue weighted by atomic mass is 32.2. The number of azide groups is 1. The van der Waals surface area contributed by atoms with Crippen molar-refractivity contribution in [1.82, 2.24) is 14.9 Å². The summed E-state index contributed by atoms with van der Waals surface area (Å²) in [6.07, 6.45) is 0.859. The molecule has 2 aromatic rings. The smallest absolute Gasteiger partial charge is 0.369 e. The maximum absolute atomic E-state index is 13.2. The minimum absolute atomic E-state index is 0.141. The number of nitrogens with zero attached hydrogens (tertiary/aromatic N) is 6. The second-order valence-corrected chi connectivity index (χ2v) is 8.37. The number of halogens is 3. The van der Waals surface area contributed by atoms with Crippen LogP contribution < -0.4 is 0 Å². The van der Waals surface area contributed by atoms with Crippen LogP contribution in [0.25, 0.3) is 16.0 Å². The molecule has 1 aromatic carbocycles. The number of hydrogen-bond donors (Lipinski definition) is 0. The van der Waals surface area contributed by atoms with Gasteiger partial charge in [0, 0.05) is 41.7 Å². The van der Waals surface area contributed by atoms with Crippen LogP contribution in [0.15, 0.2) is 59.0 Å². The largest absolute Gasteiger partial charge is 0.433 e. The summed E-state index contributed by atoms with van der Waals surface area (Å²) in [6.45, 7) is 0.929. The van der Waals surface area contributed by atoms with Gasteiger partial charge in [-0.05, 0) is 17.2 Å². The van der Waals surface area contributed by atoms with Gasteiger partial charge in [0.05, 0.1) is 5.69 Å². The predicted molar refractivity (Wildman–Crippen MR) is 103 cm³/mol. The average molecular weight is 436 g/mol. The zero-order valence-electron chi connectivity index (χ0n) is 15.6. The van der Waals surface area contributed by atoms with Crippen LogP contribution in [0.1, 0.15) is 17.0 Å². The Morgan fingerprint density at radius 1 is 1.23 bits per heavy atom. The quantitative estimate of drug-likeness (QED) is 0.301. The van der Waals surface area contributed by atoms with Gasteiger partial charge < -0.3 is 4.90 Å². The van der Waals surface area contributed by atoms with Crippen LogP contribution >= 0.6 is 0 Å². The number of hydrogen-bond acceptors (Lipinski definition) is 6. The lowest BCUT2D eigenvalue weighted by Crippen LogP contribution is -2.20. The molecular formula is C18H15F3N6O2S. The summed E-state index contributed by atoms with van der Waals surface area (Å²) in [5, 5.41) is 2.61. The van der Waals surface area contributed by atoms with E-state index in [1.807, 2.05) is 4.90 Å². The molecular weight excluding hydrogens is 421 g/mol. The normalized spacial score (nSPS) is 14.3. The topological polar surface area (TPSA) is 112 Å². The van der Waals surface area contributed by atoms with E-state index in [2.05, 4.69) is 20.0 Å². The lowest BCUT2D eigenvalue weighted by molar-refractivity contribution is -0.141. The predicted octanol–water partition coefficient (Wildman–Crippen LogP) is 4.25. The molecule has 12 heteroatoms. The zero-order chi connectivity index (χ0) is 21.9. The molecule has 3 rings (SSSR count). The summed E-state index contributed by atoms with van der Waals surface area (Å²) in [5.74, 6) is 0. The third-order valence-corrected chi connectivity index (χ3v) is 4.91. The van der Waals surface area contributed by atoms with E-state index in [0.29, 0.717) is 24.4 Å². The second-order valence-electron chi connectivity index (χ2n) is 6.46. The maximum atomic E-state index is 13.2. The Labute approximate surface area is 169 Å². The Morgan fingerprint density at radius 2 is 1.93 bits per heavy atom. The van der Waals surface area contributed by atoms with E-state index in [9.17, 15) is 21.6 Å². The first-order valence-corrected chi connectivity index (χ1v) is 10.4. The third-order valence-electron chi connectivity index (χ3n) is 4.06. The molecule has 2 heterocycles. The number of benzene rings is 1. The number of rotatable bonds is 5. The van der Waals surface area contributed by atoms with Crippen molar-refractivity contribution in [3.63, 3.8) is 0 Å². The fraction of sp³-hybridized carbons (Fsp3) is 0.222. The molecule has 156 valence electrons. The number of sulfone groups is 1. The fourth-order valence-electron chi connectivity index (χ4n) is 2.71. The van der Waals surface area contributed by atoms with E-state index >= 15 is 0 Å². The molecule has 0 spiro atoms. The summed E-state index contributed by atoms with van der Waals surface area (Å²) in [4.78, 5) is 11.5. The minimum atomic E-state index is -4.82. The first-order chi connectivity index (χ1) is 14.1. The Kier molecular flexibility index (Phi) is 5.81. The molecule has 0 N–H and O–H groups in total.